The standard InChI is InChI=1S/C21H25N/c1-3-16-11-13-17(14-12-16)22-20-10-5-4-8-18(20)19-9-6-7-15(2)21(19)22/h6,9,11-15H,3-5,7-8,10H2,1-2H3. The van der Waals surface area contributed by atoms with Crippen LogP contribution in [0.15, 0.2) is 30.3 Å². The largest absolute Gasteiger partial charge is 0.317 e. The molecular formula is C21H25N. The average molecular weight is 291 g/mol. The first kappa shape index (κ1) is 13.9. The van der Waals surface area contributed by atoms with Crippen molar-refractivity contribution in [3.05, 3.63) is 58.4 Å². The highest BCUT2D eigenvalue weighted by molar-refractivity contribution is 5.65. The maximum Gasteiger partial charge on any atom is 0.0455 e. The predicted octanol–water partition coefficient (Wildman–Crippen LogP) is 5.44. The molecule has 0 radical (unpaired) electrons. The van der Waals surface area contributed by atoms with E-state index in [2.05, 4.69) is 54.8 Å². The summed E-state index contributed by atoms with van der Waals surface area (Å²) < 4.78 is 2.59. The molecule has 1 atom stereocenters. The van der Waals surface area contributed by atoms with Gasteiger partial charge in [0.05, 0.1) is 0 Å². The van der Waals surface area contributed by atoms with Gasteiger partial charge < -0.3 is 4.57 Å². The molecule has 1 aromatic carbocycles. The molecule has 2 aliphatic carbocycles. The Kier molecular flexibility index (Phi) is 3.44. The summed E-state index contributed by atoms with van der Waals surface area (Å²) in [5.41, 5.74) is 9.08. The Bertz CT molecular complexity index is 715. The molecule has 2 aliphatic rings. The average Bonchev–Trinajstić information content (AvgIpc) is 2.91. The first-order chi connectivity index (χ1) is 10.8. The van der Waals surface area contributed by atoms with E-state index < -0.39 is 0 Å². The molecule has 0 amide bonds. The fraction of sp³-hybridized carbons (Fsp3) is 0.429. The molecule has 2 aromatic rings. The number of benzene rings is 1. The summed E-state index contributed by atoms with van der Waals surface area (Å²) in [6.45, 7) is 4.60. The summed E-state index contributed by atoms with van der Waals surface area (Å²) in [4.78, 5) is 0. The second kappa shape index (κ2) is 5.46. The molecule has 1 aromatic heterocycles. The molecule has 22 heavy (non-hydrogen) atoms. The molecule has 0 aliphatic heterocycles. The fourth-order valence-electron chi connectivity index (χ4n) is 4.20. The molecule has 1 nitrogen and oxygen atoms in total. The molecular weight excluding hydrogens is 266 g/mol. The van der Waals surface area contributed by atoms with Crippen molar-refractivity contribution in [2.45, 2.75) is 58.3 Å². The van der Waals surface area contributed by atoms with Crippen molar-refractivity contribution in [1.29, 1.82) is 0 Å². The van der Waals surface area contributed by atoms with Crippen LogP contribution < -0.4 is 0 Å². The van der Waals surface area contributed by atoms with Gasteiger partial charge in [0.2, 0.25) is 0 Å². The lowest BCUT2D eigenvalue weighted by Gasteiger charge is -2.21. The molecule has 0 saturated heterocycles. The molecule has 0 N–H and O–H groups in total. The van der Waals surface area contributed by atoms with Crippen LogP contribution in [0.25, 0.3) is 11.8 Å². The Morgan fingerprint density at radius 1 is 1.09 bits per heavy atom. The molecule has 1 heterocycles. The minimum atomic E-state index is 0.622. The van der Waals surface area contributed by atoms with E-state index in [0.29, 0.717) is 5.92 Å². The molecule has 0 spiro atoms. The minimum absolute atomic E-state index is 0.622. The lowest BCUT2D eigenvalue weighted by Crippen LogP contribution is -2.10. The number of hydrogen-bond acceptors (Lipinski definition) is 0. The normalized spacial score (nSPS) is 19.8. The summed E-state index contributed by atoms with van der Waals surface area (Å²) >= 11 is 0. The first-order valence-electron chi connectivity index (χ1n) is 8.81. The Labute approximate surface area is 133 Å². The summed E-state index contributed by atoms with van der Waals surface area (Å²) in [7, 11) is 0. The Morgan fingerprint density at radius 3 is 2.64 bits per heavy atom. The van der Waals surface area contributed by atoms with Gasteiger partial charge in [-0.05, 0) is 67.3 Å². The zero-order valence-electron chi connectivity index (χ0n) is 13.7. The monoisotopic (exact) mass is 291 g/mol. The van der Waals surface area contributed by atoms with E-state index in [0.717, 1.165) is 6.42 Å². The Morgan fingerprint density at radius 2 is 1.86 bits per heavy atom. The van der Waals surface area contributed by atoms with Crippen LogP contribution in [0.1, 0.15) is 67.1 Å². The van der Waals surface area contributed by atoms with Crippen LogP contribution in [-0.4, -0.2) is 4.57 Å². The molecule has 114 valence electrons. The van der Waals surface area contributed by atoms with Gasteiger partial charge in [-0.25, -0.2) is 0 Å². The maximum atomic E-state index is 2.59. The summed E-state index contributed by atoms with van der Waals surface area (Å²) in [5.74, 6) is 0.622. The van der Waals surface area contributed by atoms with Gasteiger partial charge in [0.15, 0.2) is 0 Å². The van der Waals surface area contributed by atoms with Crippen LogP contribution in [0, 0.1) is 0 Å². The van der Waals surface area contributed by atoms with Gasteiger partial charge in [-0.3, -0.25) is 0 Å². The molecule has 4 rings (SSSR count). The third-order valence-corrected chi connectivity index (χ3v) is 5.39. The van der Waals surface area contributed by atoms with E-state index in [1.807, 2.05) is 0 Å². The van der Waals surface area contributed by atoms with Gasteiger partial charge >= 0.3 is 0 Å². The number of rotatable bonds is 2. The highest BCUT2D eigenvalue weighted by Gasteiger charge is 2.28. The topological polar surface area (TPSA) is 4.93 Å². The second-order valence-corrected chi connectivity index (χ2v) is 6.83. The van der Waals surface area contributed by atoms with Crippen molar-refractivity contribution in [1.82, 2.24) is 4.57 Å². The van der Waals surface area contributed by atoms with E-state index in [1.165, 1.54) is 48.9 Å². The molecule has 0 fully saturated rings. The van der Waals surface area contributed by atoms with Crippen molar-refractivity contribution >= 4 is 6.08 Å². The van der Waals surface area contributed by atoms with Gasteiger partial charge in [0, 0.05) is 23.0 Å². The number of allylic oxidation sites excluding steroid dienone is 1. The van der Waals surface area contributed by atoms with E-state index in [9.17, 15) is 0 Å². The van der Waals surface area contributed by atoms with Crippen LogP contribution in [0.2, 0.25) is 0 Å². The molecule has 1 heteroatoms. The Hall–Kier alpha value is -1.76. The summed E-state index contributed by atoms with van der Waals surface area (Å²) in [6.07, 6.45) is 12.2. The van der Waals surface area contributed by atoms with Crippen molar-refractivity contribution < 1.29 is 0 Å². The van der Waals surface area contributed by atoms with Crippen LogP contribution in [0.5, 0.6) is 0 Å². The molecule has 0 bridgehead atoms. The van der Waals surface area contributed by atoms with Crippen molar-refractivity contribution in [3.8, 4) is 5.69 Å². The molecule has 0 saturated carbocycles. The fourth-order valence-corrected chi connectivity index (χ4v) is 4.20. The summed E-state index contributed by atoms with van der Waals surface area (Å²) in [5, 5.41) is 0. The third-order valence-electron chi connectivity index (χ3n) is 5.39. The quantitative estimate of drug-likeness (QED) is 0.694. The van der Waals surface area contributed by atoms with Crippen molar-refractivity contribution in [2.75, 3.05) is 0 Å². The van der Waals surface area contributed by atoms with Crippen LogP contribution >= 0.6 is 0 Å². The third kappa shape index (κ3) is 2.06. The number of nitrogens with zero attached hydrogens (tertiary/aromatic N) is 1. The number of aromatic nitrogens is 1. The molecule has 1 unspecified atom stereocenters. The Balaban J connectivity index is 1.94. The number of hydrogen-bond donors (Lipinski definition) is 0. The van der Waals surface area contributed by atoms with E-state index in [1.54, 1.807) is 17.0 Å². The SMILES string of the molecule is CCc1ccc(-n2c3c(c4c2C(C)CC=C4)CCCC3)cc1. The van der Waals surface area contributed by atoms with Gasteiger partial charge in [0.1, 0.15) is 0 Å². The first-order valence-corrected chi connectivity index (χ1v) is 8.81. The van der Waals surface area contributed by atoms with Crippen LogP contribution in [-0.2, 0) is 19.3 Å². The minimum Gasteiger partial charge on any atom is -0.317 e. The highest BCUT2D eigenvalue weighted by Crippen LogP contribution is 2.40. The smallest absolute Gasteiger partial charge is 0.0455 e. The highest BCUT2D eigenvalue weighted by atomic mass is 15.0. The van der Waals surface area contributed by atoms with E-state index >= 15 is 0 Å². The zero-order valence-corrected chi connectivity index (χ0v) is 13.7. The lowest BCUT2D eigenvalue weighted by atomic mass is 9.89. The van der Waals surface area contributed by atoms with Crippen molar-refractivity contribution in [3.63, 3.8) is 0 Å². The van der Waals surface area contributed by atoms with Crippen LogP contribution in [0.3, 0.4) is 0 Å². The van der Waals surface area contributed by atoms with Gasteiger partial charge in [-0.15, -0.1) is 0 Å². The zero-order chi connectivity index (χ0) is 15.1. The maximum absolute atomic E-state index is 2.59. The number of aryl methyl sites for hydroxylation is 1. The predicted molar refractivity (Wildman–Crippen MR) is 93.9 cm³/mol. The van der Waals surface area contributed by atoms with Crippen LogP contribution in [0.4, 0.5) is 0 Å². The van der Waals surface area contributed by atoms with Gasteiger partial charge in [-0.1, -0.05) is 38.1 Å². The second-order valence-electron chi connectivity index (χ2n) is 6.83. The van der Waals surface area contributed by atoms with E-state index in [4.69, 9.17) is 0 Å². The van der Waals surface area contributed by atoms with Gasteiger partial charge in [0.25, 0.3) is 0 Å². The van der Waals surface area contributed by atoms with E-state index in [-0.39, 0.29) is 0 Å². The summed E-state index contributed by atoms with van der Waals surface area (Å²) in [6, 6.07) is 9.22. The van der Waals surface area contributed by atoms with Crippen molar-refractivity contribution in [2.24, 2.45) is 0 Å². The van der Waals surface area contributed by atoms with Gasteiger partial charge in [-0.2, -0.15) is 0 Å². The number of fused-ring (bicyclic) bond motifs is 3. The lowest BCUT2D eigenvalue weighted by molar-refractivity contribution is 0.651.